The highest BCUT2D eigenvalue weighted by Gasteiger charge is 2.34. The Kier molecular flexibility index (Phi) is 2.82. The van der Waals surface area contributed by atoms with Gasteiger partial charge in [0, 0.05) is 43.8 Å². The van der Waals surface area contributed by atoms with Gasteiger partial charge in [0.2, 0.25) is 0 Å². The van der Waals surface area contributed by atoms with Crippen molar-refractivity contribution in [1.82, 2.24) is 15.5 Å². The van der Waals surface area contributed by atoms with E-state index in [9.17, 15) is 0 Å². The van der Waals surface area contributed by atoms with Gasteiger partial charge in [0.1, 0.15) is 0 Å². The molecule has 2 aliphatic heterocycles. The SMILES string of the molecule is CC(C)(C)NC1CC2CNCCN2C1. The molecule has 2 aliphatic rings. The summed E-state index contributed by atoms with van der Waals surface area (Å²) in [5.41, 5.74) is 0.257. The Hall–Kier alpha value is -0.120. The molecule has 2 atom stereocenters. The molecule has 2 saturated heterocycles. The van der Waals surface area contributed by atoms with Crippen molar-refractivity contribution < 1.29 is 0 Å². The maximum atomic E-state index is 3.70. The Labute approximate surface area is 87.2 Å². The minimum absolute atomic E-state index is 0.257. The first-order valence-corrected chi connectivity index (χ1v) is 5.77. The molecule has 82 valence electrons. The van der Waals surface area contributed by atoms with Crippen LogP contribution in [0.2, 0.25) is 0 Å². The van der Waals surface area contributed by atoms with Gasteiger partial charge in [-0.05, 0) is 27.2 Å². The lowest BCUT2D eigenvalue weighted by atomic mass is 10.1. The maximum absolute atomic E-state index is 3.70. The van der Waals surface area contributed by atoms with Gasteiger partial charge in [-0.2, -0.15) is 0 Å². The summed E-state index contributed by atoms with van der Waals surface area (Å²) in [6.07, 6.45) is 1.31. The Morgan fingerprint density at radius 2 is 2.14 bits per heavy atom. The lowest BCUT2D eigenvalue weighted by molar-refractivity contribution is 0.210. The van der Waals surface area contributed by atoms with Gasteiger partial charge in [-0.3, -0.25) is 4.90 Å². The fourth-order valence-corrected chi connectivity index (χ4v) is 2.68. The molecule has 0 aliphatic carbocycles. The van der Waals surface area contributed by atoms with Crippen LogP contribution in [0, 0.1) is 0 Å². The van der Waals surface area contributed by atoms with Crippen molar-refractivity contribution in [2.24, 2.45) is 0 Å². The zero-order valence-electron chi connectivity index (χ0n) is 9.64. The Morgan fingerprint density at radius 1 is 1.36 bits per heavy atom. The zero-order chi connectivity index (χ0) is 10.2. The van der Waals surface area contributed by atoms with Crippen LogP contribution in [0.4, 0.5) is 0 Å². The molecule has 0 aromatic carbocycles. The predicted molar refractivity (Wildman–Crippen MR) is 59.5 cm³/mol. The van der Waals surface area contributed by atoms with E-state index in [1.807, 2.05) is 0 Å². The minimum atomic E-state index is 0.257. The lowest BCUT2D eigenvalue weighted by Gasteiger charge is -2.29. The highest BCUT2D eigenvalue weighted by molar-refractivity contribution is 4.95. The molecule has 2 N–H and O–H groups in total. The topological polar surface area (TPSA) is 27.3 Å². The number of rotatable bonds is 1. The molecule has 2 rings (SSSR count). The molecule has 0 aromatic heterocycles. The monoisotopic (exact) mass is 197 g/mol. The normalized spacial score (nSPS) is 34.5. The smallest absolute Gasteiger partial charge is 0.0237 e. The molecule has 0 aromatic rings. The number of fused-ring (bicyclic) bond motifs is 1. The van der Waals surface area contributed by atoms with Gasteiger partial charge in [-0.15, -0.1) is 0 Å². The fraction of sp³-hybridized carbons (Fsp3) is 1.00. The van der Waals surface area contributed by atoms with Gasteiger partial charge in [0.05, 0.1) is 0 Å². The second-order valence-electron chi connectivity index (χ2n) is 5.68. The van der Waals surface area contributed by atoms with E-state index in [1.54, 1.807) is 0 Å². The molecule has 0 amide bonds. The van der Waals surface area contributed by atoms with Crippen molar-refractivity contribution in [3.63, 3.8) is 0 Å². The second-order valence-corrected chi connectivity index (χ2v) is 5.68. The molecule has 0 saturated carbocycles. The van der Waals surface area contributed by atoms with Crippen molar-refractivity contribution in [1.29, 1.82) is 0 Å². The predicted octanol–water partition coefficient (Wildman–Crippen LogP) is 0.421. The summed E-state index contributed by atoms with van der Waals surface area (Å²) < 4.78 is 0. The number of nitrogens with zero attached hydrogens (tertiary/aromatic N) is 1. The first-order chi connectivity index (χ1) is 6.54. The van der Waals surface area contributed by atoms with Crippen LogP contribution >= 0.6 is 0 Å². The Balaban J connectivity index is 1.87. The fourth-order valence-electron chi connectivity index (χ4n) is 2.68. The van der Waals surface area contributed by atoms with E-state index < -0.39 is 0 Å². The highest BCUT2D eigenvalue weighted by atomic mass is 15.3. The van der Waals surface area contributed by atoms with Crippen LogP contribution in [0.25, 0.3) is 0 Å². The van der Waals surface area contributed by atoms with Crippen LogP contribution in [-0.2, 0) is 0 Å². The zero-order valence-corrected chi connectivity index (χ0v) is 9.64. The average molecular weight is 197 g/mol. The summed E-state index contributed by atoms with van der Waals surface area (Å²) in [7, 11) is 0. The molecule has 3 nitrogen and oxygen atoms in total. The average Bonchev–Trinajstić information content (AvgIpc) is 2.42. The van der Waals surface area contributed by atoms with E-state index >= 15 is 0 Å². The third-order valence-corrected chi connectivity index (χ3v) is 3.12. The molecule has 2 unspecified atom stereocenters. The summed E-state index contributed by atoms with van der Waals surface area (Å²) in [5, 5.41) is 7.18. The Bertz CT molecular complexity index is 183. The van der Waals surface area contributed by atoms with E-state index in [2.05, 4.69) is 36.3 Å². The van der Waals surface area contributed by atoms with Crippen molar-refractivity contribution >= 4 is 0 Å². The molecule has 2 heterocycles. The van der Waals surface area contributed by atoms with Crippen LogP contribution in [0.5, 0.6) is 0 Å². The lowest BCUT2D eigenvalue weighted by Crippen LogP contribution is -2.48. The van der Waals surface area contributed by atoms with Gasteiger partial charge in [-0.1, -0.05) is 0 Å². The van der Waals surface area contributed by atoms with Gasteiger partial charge < -0.3 is 10.6 Å². The number of hydrogen-bond donors (Lipinski definition) is 2. The quantitative estimate of drug-likeness (QED) is 0.638. The van der Waals surface area contributed by atoms with Gasteiger partial charge in [0.15, 0.2) is 0 Å². The molecular weight excluding hydrogens is 174 g/mol. The van der Waals surface area contributed by atoms with Crippen molar-refractivity contribution in [3.8, 4) is 0 Å². The first-order valence-electron chi connectivity index (χ1n) is 5.77. The van der Waals surface area contributed by atoms with Gasteiger partial charge >= 0.3 is 0 Å². The van der Waals surface area contributed by atoms with E-state index in [1.165, 1.54) is 32.6 Å². The molecule has 14 heavy (non-hydrogen) atoms. The minimum Gasteiger partial charge on any atom is -0.314 e. The van der Waals surface area contributed by atoms with Gasteiger partial charge in [0.25, 0.3) is 0 Å². The van der Waals surface area contributed by atoms with E-state index in [4.69, 9.17) is 0 Å². The number of nitrogens with one attached hydrogen (secondary N) is 2. The van der Waals surface area contributed by atoms with Crippen molar-refractivity contribution in [2.45, 2.75) is 44.8 Å². The largest absolute Gasteiger partial charge is 0.314 e. The summed E-state index contributed by atoms with van der Waals surface area (Å²) >= 11 is 0. The molecule has 0 radical (unpaired) electrons. The maximum Gasteiger partial charge on any atom is 0.0237 e. The molecule has 0 bridgehead atoms. The number of piperazine rings is 1. The summed E-state index contributed by atoms with van der Waals surface area (Å²) in [6, 6.07) is 1.48. The third-order valence-electron chi connectivity index (χ3n) is 3.12. The van der Waals surface area contributed by atoms with Crippen LogP contribution in [-0.4, -0.2) is 48.7 Å². The Morgan fingerprint density at radius 3 is 2.79 bits per heavy atom. The van der Waals surface area contributed by atoms with Gasteiger partial charge in [-0.25, -0.2) is 0 Å². The standard InChI is InChI=1S/C11H23N3/c1-11(2,3)13-9-6-10-7-12-4-5-14(10)8-9/h9-10,12-13H,4-8H2,1-3H3. The summed E-state index contributed by atoms with van der Waals surface area (Å²) in [5.74, 6) is 0. The van der Waals surface area contributed by atoms with Crippen LogP contribution in [0.15, 0.2) is 0 Å². The molecular formula is C11H23N3. The van der Waals surface area contributed by atoms with Crippen LogP contribution in [0.1, 0.15) is 27.2 Å². The van der Waals surface area contributed by atoms with Crippen LogP contribution < -0.4 is 10.6 Å². The van der Waals surface area contributed by atoms with E-state index in [0.29, 0.717) is 6.04 Å². The van der Waals surface area contributed by atoms with Crippen molar-refractivity contribution in [3.05, 3.63) is 0 Å². The number of hydrogen-bond acceptors (Lipinski definition) is 3. The molecule has 2 fully saturated rings. The molecule has 0 spiro atoms. The first kappa shape index (κ1) is 10.4. The van der Waals surface area contributed by atoms with Crippen LogP contribution in [0.3, 0.4) is 0 Å². The second kappa shape index (κ2) is 3.80. The van der Waals surface area contributed by atoms with Crippen molar-refractivity contribution in [2.75, 3.05) is 26.2 Å². The van der Waals surface area contributed by atoms with E-state index in [0.717, 1.165) is 6.04 Å². The third kappa shape index (κ3) is 2.47. The highest BCUT2D eigenvalue weighted by Crippen LogP contribution is 2.20. The summed E-state index contributed by atoms with van der Waals surface area (Å²) in [4.78, 5) is 2.62. The molecule has 3 heteroatoms. The summed E-state index contributed by atoms with van der Waals surface area (Å²) in [6.45, 7) is 11.6. The van der Waals surface area contributed by atoms with E-state index in [-0.39, 0.29) is 5.54 Å².